The lowest BCUT2D eigenvalue weighted by Crippen LogP contribution is -2.14. The highest BCUT2D eigenvalue weighted by Gasteiger charge is 2.22. The third-order valence-corrected chi connectivity index (χ3v) is 4.01. The van der Waals surface area contributed by atoms with Gasteiger partial charge in [0.2, 0.25) is 0 Å². The van der Waals surface area contributed by atoms with E-state index in [-0.39, 0.29) is 0 Å². The number of ketones is 1. The van der Waals surface area contributed by atoms with Crippen molar-refractivity contribution in [2.45, 2.75) is 52.9 Å². The molecule has 0 bridgehead atoms. The molecule has 0 heterocycles. The number of rotatable bonds is 5. The van der Waals surface area contributed by atoms with Gasteiger partial charge in [-0.2, -0.15) is 0 Å². The molecule has 1 fully saturated rings. The van der Waals surface area contributed by atoms with Crippen LogP contribution < -0.4 is 4.74 Å². The number of carbonyl (C=O) groups is 1. The zero-order valence-corrected chi connectivity index (χ0v) is 12.3. The second-order valence-electron chi connectivity index (χ2n) is 5.77. The van der Waals surface area contributed by atoms with Crippen LogP contribution in [0.3, 0.4) is 0 Å². The van der Waals surface area contributed by atoms with Crippen LogP contribution in [0, 0.1) is 26.7 Å². The van der Waals surface area contributed by atoms with Crippen molar-refractivity contribution >= 4 is 5.78 Å². The molecular formula is C17H24O2. The lowest BCUT2D eigenvalue weighted by Gasteiger charge is -2.14. The molecule has 0 N–H and O–H groups in total. The van der Waals surface area contributed by atoms with E-state index in [1.165, 1.54) is 18.4 Å². The third-order valence-electron chi connectivity index (χ3n) is 4.01. The number of aryl methyl sites for hydroxylation is 3. The van der Waals surface area contributed by atoms with Crippen molar-refractivity contribution in [2.75, 3.05) is 6.61 Å². The normalized spacial score (nSPS) is 15.7. The number of Topliss-reactive ketones (excluding diaryl/α,β-unsaturated/α-hetero) is 1. The van der Waals surface area contributed by atoms with E-state index in [0.717, 1.165) is 29.7 Å². The molecule has 0 atom stereocenters. The number of ether oxygens (including phenoxy) is 1. The van der Waals surface area contributed by atoms with E-state index < -0.39 is 0 Å². The second-order valence-corrected chi connectivity index (χ2v) is 5.77. The van der Waals surface area contributed by atoms with Gasteiger partial charge in [-0.05, 0) is 44.7 Å². The van der Waals surface area contributed by atoms with Crippen LogP contribution in [-0.2, 0) is 4.79 Å². The molecule has 2 heteroatoms. The van der Waals surface area contributed by atoms with Gasteiger partial charge in [0.05, 0.1) is 6.61 Å². The Balaban J connectivity index is 1.87. The highest BCUT2D eigenvalue weighted by atomic mass is 16.5. The Labute approximate surface area is 116 Å². The van der Waals surface area contributed by atoms with E-state index >= 15 is 0 Å². The standard InChI is InChI=1S/C17H24O2/c1-12-10-13(2)17(14(3)11-12)19-9-8-16(18)15-6-4-5-7-15/h10-11,15H,4-9H2,1-3H3. The average Bonchev–Trinajstić information content (AvgIpc) is 2.85. The van der Waals surface area contributed by atoms with Crippen molar-refractivity contribution < 1.29 is 9.53 Å². The van der Waals surface area contributed by atoms with Crippen LogP contribution in [-0.4, -0.2) is 12.4 Å². The third kappa shape index (κ3) is 3.59. The van der Waals surface area contributed by atoms with E-state index in [4.69, 9.17) is 4.74 Å². The summed E-state index contributed by atoms with van der Waals surface area (Å²) in [5.74, 6) is 1.65. The predicted octanol–water partition coefficient (Wildman–Crippen LogP) is 4.14. The molecule has 0 radical (unpaired) electrons. The Hall–Kier alpha value is -1.31. The summed E-state index contributed by atoms with van der Waals surface area (Å²) in [6, 6.07) is 4.25. The number of hydrogen-bond donors (Lipinski definition) is 0. The fraction of sp³-hybridized carbons (Fsp3) is 0.588. The Bertz CT molecular complexity index is 433. The maximum absolute atomic E-state index is 12.0. The van der Waals surface area contributed by atoms with Gasteiger partial charge in [0.15, 0.2) is 0 Å². The average molecular weight is 260 g/mol. The van der Waals surface area contributed by atoms with Gasteiger partial charge in [-0.1, -0.05) is 30.5 Å². The fourth-order valence-electron chi connectivity index (χ4n) is 3.10. The molecule has 0 unspecified atom stereocenters. The smallest absolute Gasteiger partial charge is 0.139 e. The largest absolute Gasteiger partial charge is 0.493 e. The van der Waals surface area contributed by atoms with Crippen LogP contribution in [0.1, 0.15) is 48.8 Å². The van der Waals surface area contributed by atoms with Gasteiger partial charge in [0, 0.05) is 12.3 Å². The zero-order chi connectivity index (χ0) is 13.8. The van der Waals surface area contributed by atoms with Gasteiger partial charge in [-0.15, -0.1) is 0 Å². The molecule has 1 saturated carbocycles. The summed E-state index contributed by atoms with van der Waals surface area (Å²) in [5, 5.41) is 0. The Morgan fingerprint density at radius 1 is 1.16 bits per heavy atom. The molecule has 1 aromatic rings. The van der Waals surface area contributed by atoms with Crippen molar-refractivity contribution in [3.05, 3.63) is 28.8 Å². The maximum atomic E-state index is 12.0. The van der Waals surface area contributed by atoms with E-state index in [2.05, 4.69) is 32.9 Å². The molecule has 19 heavy (non-hydrogen) atoms. The van der Waals surface area contributed by atoms with Gasteiger partial charge in [-0.25, -0.2) is 0 Å². The monoisotopic (exact) mass is 260 g/mol. The summed E-state index contributed by atoms with van der Waals surface area (Å²) in [7, 11) is 0. The first-order valence-corrected chi connectivity index (χ1v) is 7.31. The topological polar surface area (TPSA) is 26.3 Å². The second kappa shape index (κ2) is 6.23. The molecule has 104 valence electrons. The zero-order valence-electron chi connectivity index (χ0n) is 12.3. The lowest BCUT2D eigenvalue weighted by molar-refractivity contribution is -0.123. The lowest BCUT2D eigenvalue weighted by atomic mass is 10.0. The molecule has 1 aromatic carbocycles. The van der Waals surface area contributed by atoms with Crippen LogP contribution in [0.4, 0.5) is 0 Å². The van der Waals surface area contributed by atoms with Crippen molar-refractivity contribution in [1.29, 1.82) is 0 Å². The SMILES string of the molecule is Cc1cc(C)c(OCCC(=O)C2CCCC2)c(C)c1. The fourth-order valence-corrected chi connectivity index (χ4v) is 3.10. The van der Waals surface area contributed by atoms with Crippen LogP contribution in [0.25, 0.3) is 0 Å². The highest BCUT2D eigenvalue weighted by molar-refractivity contribution is 5.81. The van der Waals surface area contributed by atoms with E-state index in [0.29, 0.717) is 24.7 Å². The quantitative estimate of drug-likeness (QED) is 0.795. The van der Waals surface area contributed by atoms with Gasteiger partial charge >= 0.3 is 0 Å². The van der Waals surface area contributed by atoms with E-state index in [9.17, 15) is 4.79 Å². The molecule has 2 nitrogen and oxygen atoms in total. The molecule has 0 aliphatic heterocycles. The van der Waals surface area contributed by atoms with E-state index in [1.807, 2.05) is 0 Å². The molecule has 0 amide bonds. The van der Waals surface area contributed by atoms with Crippen LogP contribution in [0.5, 0.6) is 5.75 Å². The van der Waals surface area contributed by atoms with Crippen LogP contribution in [0.2, 0.25) is 0 Å². The molecular weight excluding hydrogens is 236 g/mol. The van der Waals surface area contributed by atoms with Gasteiger partial charge in [-0.3, -0.25) is 4.79 Å². The van der Waals surface area contributed by atoms with Crippen molar-refractivity contribution in [1.82, 2.24) is 0 Å². The molecule has 0 saturated heterocycles. The summed E-state index contributed by atoms with van der Waals surface area (Å²) in [4.78, 5) is 12.0. The highest BCUT2D eigenvalue weighted by Crippen LogP contribution is 2.27. The predicted molar refractivity (Wildman–Crippen MR) is 77.7 cm³/mol. The van der Waals surface area contributed by atoms with E-state index in [1.54, 1.807) is 0 Å². The van der Waals surface area contributed by atoms with Crippen molar-refractivity contribution in [3.63, 3.8) is 0 Å². The number of benzene rings is 1. The maximum Gasteiger partial charge on any atom is 0.139 e. The summed E-state index contributed by atoms with van der Waals surface area (Å²) in [6.45, 7) is 6.73. The first-order valence-electron chi connectivity index (χ1n) is 7.31. The molecule has 1 aliphatic carbocycles. The number of hydrogen-bond acceptors (Lipinski definition) is 2. The summed E-state index contributed by atoms with van der Waals surface area (Å²) >= 11 is 0. The Morgan fingerprint density at radius 2 is 1.74 bits per heavy atom. The minimum absolute atomic E-state index is 0.309. The minimum atomic E-state index is 0.309. The van der Waals surface area contributed by atoms with Gasteiger partial charge in [0.25, 0.3) is 0 Å². The Kier molecular flexibility index (Phi) is 4.62. The van der Waals surface area contributed by atoms with Gasteiger partial charge < -0.3 is 4.74 Å². The summed E-state index contributed by atoms with van der Waals surface area (Å²) < 4.78 is 5.83. The molecule has 2 rings (SSSR count). The summed E-state index contributed by atoms with van der Waals surface area (Å²) in [5.41, 5.74) is 3.57. The molecule has 0 aromatic heterocycles. The van der Waals surface area contributed by atoms with Crippen LogP contribution in [0.15, 0.2) is 12.1 Å². The minimum Gasteiger partial charge on any atom is -0.493 e. The molecule has 1 aliphatic rings. The van der Waals surface area contributed by atoms with Crippen LogP contribution >= 0.6 is 0 Å². The van der Waals surface area contributed by atoms with Gasteiger partial charge in [0.1, 0.15) is 11.5 Å². The molecule has 0 spiro atoms. The first kappa shape index (κ1) is 14.1. The van der Waals surface area contributed by atoms with Crippen molar-refractivity contribution in [3.8, 4) is 5.75 Å². The van der Waals surface area contributed by atoms with Crippen molar-refractivity contribution in [2.24, 2.45) is 5.92 Å². The first-order chi connectivity index (χ1) is 9.08. The number of carbonyl (C=O) groups excluding carboxylic acids is 1. The Morgan fingerprint density at radius 3 is 2.32 bits per heavy atom. The summed E-state index contributed by atoms with van der Waals surface area (Å²) in [6.07, 6.45) is 5.15.